The Labute approximate surface area is 171 Å². The van der Waals surface area contributed by atoms with E-state index in [1.807, 2.05) is 11.8 Å². The van der Waals surface area contributed by atoms with Gasteiger partial charge in [-0.25, -0.2) is 8.42 Å². The van der Waals surface area contributed by atoms with Crippen LogP contribution in [0.15, 0.2) is 18.2 Å². The Balaban J connectivity index is 1.94. The van der Waals surface area contributed by atoms with E-state index in [2.05, 4.69) is 5.32 Å². The molecule has 0 heterocycles. The number of hydrogen-bond donors (Lipinski definition) is 1. The van der Waals surface area contributed by atoms with Gasteiger partial charge in [0.05, 0.1) is 19.1 Å². The average molecular weight is 435 g/mol. The number of halogens is 1. The number of nitrogens with one attached hydrogen (secondary N) is 1. The number of ether oxygens (including phenoxy) is 1. The van der Waals surface area contributed by atoms with Crippen LogP contribution < -0.4 is 14.4 Å². The quantitative estimate of drug-likeness (QED) is 0.603. The molecule has 2 rings (SSSR count). The number of carbonyl (C=O) groups is 1. The van der Waals surface area contributed by atoms with Crippen molar-refractivity contribution in [1.82, 2.24) is 5.32 Å². The second-order valence-electron chi connectivity index (χ2n) is 6.57. The van der Waals surface area contributed by atoms with E-state index in [1.54, 1.807) is 12.1 Å². The summed E-state index contributed by atoms with van der Waals surface area (Å²) in [6, 6.07) is 4.66. The summed E-state index contributed by atoms with van der Waals surface area (Å²) in [6.07, 6.45) is 7.44. The van der Waals surface area contributed by atoms with Gasteiger partial charge in [0.25, 0.3) is 0 Å². The summed E-state index contributed by atoms with van der Waals surface area (Å²) in [6.45, 7) is 0.202. The zero-order valence-corrected chi connectivity index (χ0v) is 18.1. The first-order chi connectivity index (χ1) is 12.8. The van der Waals surface area contributed by atoms with Crippen LogP contribution in [0.3, 0.4) is 0 Å². The highest BCUT2D eigenvalue weighted by Gasteiger charge is 2.24. The molecule has 6 nitrogen and oxygen atoms in total. The van der Waals surface area contributed by atoms with E-state index in [0.717, 1.165) is 16.3 Å². The molecule has 0 atom stereocenters. The van der Waals surface area contributed by atoms with E-state index < -0.39 is 10.0 Å². The first-order valence-electron chi connectivity index (χ1n) is 9.01. The van der Waals surface area contributed by atoms with Gasteiger partial charge in [-0.2, -0.15) is 11.8 Å². The maximum Gasteiger partial charge on any atom is 0.240 e. The molecule has 1 aliphatic rings. The molecule has 0 unspecified atom stereocenters. The molecule has 27 heavy (non-hydrogen) atoms. The first-order valence-corrected chi connectivity index (χ1v) is 12.3. The molecule has 1 saturated carbocycles. The van der Waals surface area contributed by atoms with Gasteiger partial charge in [-0.3, -0.25) is 9.10 Å². The number of nitrogens with zero attached hydrogens (tertiary/aromatic N) is 1. The highest BCUT2D eigenvalue weighted by Crippen LogP contribution is 2.32. The lowest BCUT2D eigenvalue weighted by atomic mass is 10.0. The van der Waals surface area contributed by atoms with E-state index in [0.29, 0.717) is 22.6 Å². The fourth-order valence-corrected chi connectivity index (χ4v) is 5.31. The van der Waals surface area contributed by atoms with Crippen LogP contribution in [-0.4, -0.2) is 51.8 Å². The molecule has 1 amide bonds. The minimum absolute atomic E-state index is 0.249. The molecule has 9 heteroatoms. The Morgan fingerprint density at radius 2 is 2.04 bits per heavy atom. The SMILES string of the molecule is COc1ccc(Cl)cc1N(CC(=O)NCCSC1CCCCC1)S(C)(=O)=O. The zero-order valence-electron chi connectivity index (χ0n) is 15.7. The average Bonchev–Trinajstić information content (AvgIpc) is 2.63. The standard InChI is InChI=1S/C18H27ClN2O4S2/c1-25-17-9-8-14(19)12-16(17)21(27(2,23)24)13-18(22)20-10-11-26-15-6-4-3-5-7-15/h8-9,12,15H,3-7,10-11,13H2,1-2H3,(H,20,22). The van der Waals surface area contributed by atoms with Crippen LogP contribution in [0.1, 0.15) is 32.1 Å². The third kappa shape index (κ3) is 7.08. The van der Waals surface area contributed by atoms with Gasteiger partial charge in [0.2, 0.25) is 15.9 Å². The lowest BCUT2D eigenvalue weighted by molar-refractivity contribution is -0.119. The Morgan fingerprint density at radius 3 is 2.67 bits per heavy atom. The van der Waals surface area contributed by atoms with Crippen LogP contribution in [0.25, 0.3) is 0 Å². The normalized spacial score (nSPS) is 15.4. The molecule has 0 bridgehead atoms. The molecular weight excluding hydrogens is 408 g/mol. The maximum atomic E-state index is 12.3. The van der Waals surface area contributed by atoms with Gasteiger partial charge in [0.15, 0.2) is 0 Å². The van der Waals surface area contributed by atoms with Crippen molar-refractivity contribution in [2.24, 2.45) is 0 Å². The molecule has 1 aliphatic carbocycles. The number of sulfonamides is 1. The van der Waals surface area contributed by atoms with E-state index in [1.165, 1.54) is 45.3 Å². The molecule has 0 aliphatic heterocycles. The van der Waals surface area contributed by atoms with Crippen LogP contribution in [-0.2, 0) is 14.8 Å². The highest BCUT2D eigenvalue weighted by molar-refractivity contribution is 7.99. The highest BCUT2D eigenvalue weighted by atomic mass is 35.5. The third-order valence-electron chi connectivity index (χ3n) is 4.43. The van der Waals surface area contributed by atoms with Crippen molar-refractivity contribution in [3.05, 3.63) is 23.2 Å². The van der Waals surface area contributed by atoms with Crippen molar-refractivity contribution < 1.29 is 17.9 Å². The molecule has 0 aromatic heterocycles. The summed E-state index contributed by atoms with van der Waals surface area (Å²) < 4.78 is 30.7. The largest absolute Gasteiger partial charge is 0.495 e. The molecule has 0 saturated heterocycles. The van der Waals surface area contributed by atoms with Gasteiger partial charge in [0, 0.05) is 22.6 Å². The Kier molecular flexibility index (Phi) is 8.57. The third-order valence-corrected chi connectivity index (χ3v) is 7.17. The predicted molar refractivity (Wildman–Crippen MR) is 113 cm³/mol. The number of thioether (sulfide) groups is 1. The van der Waals surface area contributed by atoms with E-state index in [-0.39, 0.29) is 18.1 Å². The van der Waals surface area contributed by atoms with Crippen molar-refractivity contribution in [2.75, 3.05) is 36.5 Å². The van der Waals surface area contributed by atoms with Gasteiger partial charge < -0.3 is 10.1 Å². The van der Waals surface area contributed by atoms with Crippen LogP contribution in [0.4, 0.5) is 5.69 Å². The topological polar surface area (TPSA) is 75.7 Å². The summed E-state index contributed by atoms with van der Waals surface area (Å²) in [5.41, 5.74) is 0.249. The summed E-state index contributed by atoms with van der Waals surface area (Å²) >= 11 is 7.88. The van der Waals surface area contributed by atoms with E-state index in [9.17, 15) is 13.2 Å². The molecular formula is C18H27ClN2O4S2. The second-order valence-corrected chi connectivity index (χ2v) is 10.3. The van der Waals surface area contributed by atoms with Crippen LogP contribution >= 0.6 is 23.4 Å². The first kappa shape index (κ1) is 22.2. The Morgan fingerprint density at radius 1 is 1.33 bits per heavy atom. The fraction of sp³-hybridized carbons (Fsp3) is 0.611. The fourth-order valence-electron chi connectivity index (χ4n) is 3.07. The molecule has 1 fully saturated rings. The molecule has 1 aromatic carbocycles. The minimum atomic E-state index is -3.68. The molecule has 1 N–H and O–H groups in total. The summed E-state index contributed by atoms with van der Waals surface area (Å²) in [7, 11) is -2.24. The van der Waals surface area contributed by atoms with E-state index >= 15 is 0 Å². The van der Waals surface area contributed by atoms with Gasteiger partial charge in [0.1, 0.15) is 12.3 Å². The smallest absolute Gasteiger partial charge is 0.240 e. The van der Waals surface area contributed by atoms with Crippen molar-refractivity contribution in [1.29, 1.82) is 0 Å². The van der Waals surface area contributed by atoms with Crippen molar-refractivity contribution in [2.45, 2.75) is 37.4 Å². The second kappa shape index (κ2) is 10.4. The summed E-state index contributed by atoms with van der Waals surface area (Å²) in [5.74, 6) is 0.813. The van der Waals surface area contributed by atoms with E-state index in [4.69, 9.17) is 16.3 Å². The Bertz CT molecular complexity index is 737. The monoisotopic (exact) mass is 434 g/mol. The molecule has 0 radical (unpaired) electrons. The number of carbonyl (C=O) groups excluding carboxylic acids is 1. The van der Waals surface area contributed by atoms with Crippen LogP contribution in [0.2, 0.25) is 5.02 Å². The number of anilines is 1. The number of methoxy groups -OCH3 is 1. The zero-order chi connectivity index (χ0) is 19.9. The summed E-state index contributed by atoms with van der Waals surface area (Å²) in [5, 5.41) is 3.85. The van der Waals surface area contributed by atoms with Gasteiger partial charge >= 0.3 is 0 Å². The van der Waals surface area contributed by atoms with Gasteiger partial charge in [-0.1, -0.05) is 30.9 Å². The van der Waals surface area contributed by atoms with Gasteiger partial charge in [-0.15, -0.1) is 0 Å². The lowest BCUT2D eigenvalue weighted by Gasteiger charge is -2.24. The molecule has 152 valence electrons. The number of hydrogen-bond acceptors (Lipinski definition) is 5. The minimum Gasteiger partial charge on any atom is -0.495 e. The predicted octanol–water partition coefficient (Wildman–Crippen LogP) is 3.30. The van der Waals surface area contributed by atoms with Crippen LogP contribution in [0, 0.1) is 0 Å². The van der Waals surface area contributed by atoms with Crippen molar-refractivity contribution in [3.63, 3.8) is 0 Å². The summed E-state index contributed by atoms with van der Waals surface area (Å²) in [4.78, 5) is 12.3. The van der Waals surface area contributed by atoms with Crippen LogP contribution in [0.5, 0.6) is 5.75 Å². The number of amides is 1. The Hall–Kier alpha value is -1.12. The number of rotatable bonds is 9. The van der Waals surface area contributed by atoms with Gasteiger partial charge in [-0.05, 0) is 31.0 Å². The molecule has 0 spiro atoms. The number of benzene rings is 1. The molecule has 1 aromatic rings. The van der Waals surface area contributed by atoms with Crippen molar-refractivity contribution in [3.8, 4) is 5.75 Å². The lowest BCUT2D eigenvalue weighted by Crippen LogP contribution is -2.41. The maximum absolute atomic E-state index is 12.3. The van der Waals surface area contributed by atoms with Crippen molar-refractivity contribution >= 4 is 45.0 Å².